The second-order valence-corrected chi connectivity index (χ2v) is 7.86. The molecule has 4 nitrogen and oxygen atoms in total. The number of hydrogen-bond acceptors (Lipinski definition) is 5. The fourth-order valence-corrected chi connectivity index (χ4v) is 4.36. The Bertz CT molecular complexity index is 903. The van der Waals surface area contributed by atoms with Crippen molar-refractivity contribution in [3.05, 3.63) is 54.2 Å². The van der Waals surface area contributed by atoms with E-state index in [-0.39, 0.29) is 11.2 Å². The maximum Gasteiger partial charge on any atom is 0.233 e. The van der Waals surface area contributed by atoms with Gasteiger partial charge >= 0.3 is 0 Å². The molecule has 2 heterocycles. The van der Waals surface area contributed by atoms with Crippen LogP contribution in [0.4, 0.5) is 0 Å². The van der Waals surface area contributed by atoms with Crippen LogP contribution in [-0.2, 0) is 4.79 Å². The highest BCUT2D eigenvalue weighted by Crippen LogP contribution is 2.38. The summed E-state index contributed by atoms with van der Waals surface area (Å²) in [6, 6.07) is 8.42. The Kier molecular flexibility index (Phi) is 5.50. The van der Waals surface area contributed by atoms with Gasteiger partial charge in [-0.25, -0.2) is 9.97 Å². The van der Waals surface area contributed by atoms with Crippen LogP contribution < -0.4 is 5.32 Å². The second-order valence-electron chi connectivity index (χ2n) is 5.67. The predicted octanol–water partition coefficient (Wildman–Crippen LogP) is 4.45. The van der Waals surface area contributed by atoms with Crippen molar-refractivity contribution in [2.24, 2.45) is 0 Å². The Balaban J connectivity index is 1.96. The largest absolute Gasteiger partial charge is 0.352 e. The number of carbonyl (C=O) groups excluding carboxylic acids is 1. The molecule has 0 saturated carbocycles. The van der Waals surface area contributed by atoms with Crippen molar-refractivity contribution in [1.29, 1.82) is 0 Å². The third-order valence-corrected chi connectivity index (χ3v) is 5.76. The minimum Gasteiger partial charge on any atom is -0.352 e. The van der Waals surface area contributed by atoms with Gasteiger partial charge in [-0.2, -0.15) is 0 Å². The predicted molar refractivity (Wildman–Crippen MR) is 106 cm³/mol. The molecule has 3 rings (SSSR count). The normalized spacial score (nSPS) is 12.1. The van der Waals surface area contributed by atoms with Gasteiger partial charge in [0, 0.05) is 17.5 Å². The minimum atomic E-state index is -0.246. The van der Waals surface area contributed by atoms with Gasteiger partial charge in [-0.1, -0.05) is 47.7 Å². The van der Waals surface area contributed by atoms with E-state index >= 15 is 0 Å². The average molecular weight is 370 g/mol. The summed E-state index contributed by atoms with van der Waals surface area (Å²) in [6.45, 7) is 8.05. The number of thioether (sulfide) groups is 1. The number of benzene rings is 1. The minimum absolute atomic E-state index is 0.0243. The van der Waals surface area contributed by atoms with Crippen LogP contribution in [0.25, 0.3) is 21.3 Å². The van der Waals surface area contributed by atoms with Gasteiger partial charge in [-0.15, -0.1) is 17.9 Å². The summed E-state index contributed by atoms with van der Waals surface area (Å²) in [4.78, 5) is 21.9. The molecule has 128 valence electrons. The number of carbonyl (C=O) groups is 1. The molecule has 0 saturated heterocycles. The zero-order chi connectivity index (χ0) is 17.8. The molecular weight excluding hydrogens is 350 g/mol. The highest BCUT2D eigenvalue weighted by molar-refractivity contribution is 8.00. The quantitative estimate of drug-likeness (QED) is 0.396. The third-order valence-electron chi connectivity index (χ3n) is 3.78. The summed E-state index contributed by atoms with van der Waals surface area (Å²) >= 11 is 3.06. The van der Waals surface area contributed by atoms with Crippen LogP contribution in [0.1, 0.15) is 12.5 Å². The standard InChI is InChI=1S/C19H19N3OS2/c1-4-9-20-17(23)13(3)25-19-16-15(10-24-18(16)21-11-22-19)14-7-5-12(2)6-8-14/h4-8,10-11,13H,1,9H2,2-3H3,(H,20,23)/t13-/m0/s1. The van der Waals surface area contributed by atoms with Crippen LogP contribution in [0.2, 0.25) is 0 Å². The summed E-state index contributed by atoms with van der Waals surface area (Å²) in [5, 5.41) is 6.54. The molecule has 6 heteroatoms. The van der Waals surface area contributed by atoms with Crippen LogP contribution in [-0.4, -0.2) is 27.7 Å². The smallest absolute Gasteiger partial charge is 0.233 e. The second kappa shape index (κ2) is 7.80. The maximum absolute atomic E-state index is 12.2. The van der Waals surface area contributed by atoms with Crippen molar-refractivity contribution < 1.29 is 4.79 Å². The number of hydrogen-bond donors (Lipinski definition) is 1. The van der Waals surface area contributed by atoms with Crippen molar-refractivity contribution in [3.63, 3.8) is 0 Å². The SMILES string of the molecule is C=CCNC(=O)[C@H](C)Sc1ncnc2scc(-c3ccc(C)cc3)c12. The van der Waals surface area contributed by atoms with Gasteiger partial charge in [0.05, 0.1) is 10.6 Å². The molecule has 1 amide bonds. The molecule has 0 spiro atoms. The molecule has 1 aromatic carbocycles. The van der Waals surface area contributed by atoms with Crippen molar-refractivity contribution in [1.82, 2.24) is 15.3 Å². The number of amides is 1. The zero-order valence-corrected chi connectivity index (χ0v) is 15.8. The highest BCUT2D eigenvalue weighted by atomic mass is 32.2. The van der Waals surface area contributed by atoms with Crippen molar-refractivity contribution in [2.45, 2.75) is 24.1 Å². The number of nitrogens with one attached hydrogen (secondary N) is 1. The van der Waals surface area contributed by atoms with Crippen LogP contribution in [0.5, 0.6) is 0 Å². The number of aryl methyl sites for hydroxylation is 1. The van der Waals surface area contributed by atoms with E-state index in [0.717, 1.165) is 26.4 Å². The van der Waals surface area contributed by atoms with E-state index in [2.05, 4.69) is 58.4 Å². The molecule has 0 fully saturated rings. The van der Waals surface area contributed by atoms with Crippen LogP contribution in [0, 0.1) is 6.92 Å². The summed E-state index contributed by atoms with van der Waals surface area (Å²) < 4.78 is 0. The number of rotatable bonds is 6. The third kappa shape index (κ3) is 3.91. The van der Waals surface area contributed by atoms with Gasteiger partial charge in [-0.05, 0) is 19.4 Å². The molecule has 0 aliphatic heterocycles. The van der Waals surface area contributed by atoms with E-state index in [1.807, 2.05) is 6.92 Å². The molecule has 3 aromatic rings. The first-order valence-electron chi connectivity index (χ1n) is 7.94. The Hall–Kier alpha value is -2.18. The summed E-state index contributed by atoms with van der Waals surface area (Å²) in [7, 11) is 0. The molecule has 0 radical (unpaired) electrons. The van der Waals surface area contributed by atoms with E-state index in [1.165, 1.54) is 17.3 Å². The molecule has 1 N–H and O–H groups in total. The molecule has 0 bridgehead atoms. The first-order valence-corrected chi connectivity index (χ1v) is 9.70. The Morgan fingerprint density at radius 2 is 2.12 bits per heavy atom. The Labute approximate surface area is 155 Å². The summed E-state index contributed by atoms with van der Waals surface area (Å²) in [5.41, 5.74) is 3.47. The van der Waals surface area contributed by atoms with Crippen LogP contribution in [0.3, 0.4) is 0 Å². The van der Waals surface area contributed by atoms with E-state index in [9.17, 15) is 4.79 Å². The fourth-order valence-electron chi connectivity index (χ4n) is 2.42. The number of nitrogens with zero attached hydrogens (tertiary/aromatic N) is 2. The Morgan fingerprint density at radius 3 is 2.84 bits per heavy atom. The van der Waals surface area contributed by atoms with Crippen molar-refractivity contribution in [3.8, 4) is 11.1 Å². The Morgan fingerprint density at radius 1 is 1.36 bits per heavy atom. The first-order chi connectivity index (χ1) is 12.1. The van der Waals surface area contributed by atoms with Crippen molar-refractivity contribution in [2.75, 3.05) is 6.54 Å². The molecular formula is C19H19N3OS2. The van der Waals surface area contributed by atoms with Crippen LogP contribution in [0.15, 0.2) is 53.7 Å². The van der Waals surface area contributed by atoms with Gasteiger partial charge in [0.25, 0.3) is 0 Å². The number of aromatic nitrogens is 2. The average Bonchev–Trinajstić information content (AvgIpc) is 3.05. The lowest BCUT2D eigenvalue weighted by molar-refractivity contribution is -0.120. The molecule has 0 unspecified atom stereocenters. The number of fused-ring (bicyclic) bond motifs is 1. The van der Waals surface area contributed by atoms with Crippen molar-refractivity contribution >= 4 is 39.2 Å². The van der Waals surface area contributed by atoms with Gasteiger partial charge < -0.3 is 5.32 Å². The lowest BCUT2D eigenvalue weighted by Gasteiger charge is -2.11. The van der Waals surface area contributed by atoms with Gasteiger partial charge in [0.15, 0.2) is 0 Å². The maximum atomic E-state index is 12.2. The van der Waals surface area contributed by atoms with E-state index in [1.54, 1.807) is 23.7 Å². The molecule has 25 heavy (non-hydrogen) atoms. The zero-order valence-electron chi connectivity index (χ0n) is 14.2. The summed E-state index contributed by atoms with van der Waals surface area (Å²) in [5.74, 6) is -0.0243. The number of thiophene rings is 1. The fraction of sp³-hybridized carbons (Fsp3) is 0.211. The first kappa shape index (κ1) is 17.6. The lowest BCUT2D eigenvalue weighted by atomic mass is 10.1. The van der Waals surface area contributed by atoms with Crippen LogP contribution >= 0.6 is 23.1 Å². The van der Waals surface area contributed by atoms with E-state index in [0.29, 0.717) is 6.54 Å². The monoisotopic (exact) mass is 369 g/mol. The van der Waals surface area contributed by atoms with Gasteiger partial charge in [0.1, 0.15) is 16.2 Å². The topological polar surface area (TPSA) is 54.9 Å². The van der Waals surface area contributed by atoms with E-state index in [4.69, 9.17) is 0 Å². The molecule has 0 aliphatic carbocycles. The van der Waals surface area contributed by atoms with E-state index < -0.39 is 0 Å². The summed E-state index contributed by atoms with van der Waals surface area (Å²) in [6.07, 6.45) is 3.24. The van der Waals surface area contributed by atoms with Gasteiger partial charge in [0.2, 0.25) is 5.91 Å². The molecule has 0 aliphatic rings. The van der Waals surface area contributed by atoms with Gasteiger partial charge in [-0.3, -0.25) is 4.79 Å². The lowest BCUT2D eigenvalue weighted by Crippen LogP contribution is -2.30. The molecule has 1 atom stereocenters. The highest BCUT2D eigenvalue weighted by Gasteiger charge is 2.19. The molecule has 2 aromatic heterocycles.